The van der Waals surface area contributed by atoms with Crippen molar-refractivity contribution in [1.82, 2.24) is 19.9 Å². The number of hydrogen-bond donors (Lipinski definition) is 0. The summed E-state index contributed by atoms with van der Waals surface area (Å²) >= 11 is 3.42. The molecule has 220 valence electrons. The number of furan rings is 1. The first kappa shape index (κ1) is 26.5. The number of thiophene rings is 1. The number of para-hydroxylation sites is 1. The summed E-state index contributed by atoms with van der Waals surface area (Å²) < 4.78 is 10.1. The largest absolute Gasteiger partial charge is 0.455 e. The molecule has 6 aromatic carbocycles. The highest BCUT2D eigenvalue weighted by molar-refractivity contribution is 7.26. The van der Waals surface area contributed by atoms with Gasteiger partial charge in [-0.15, -0.1) is 22.7 Å². The number of fused-ring (bicyclic) bond motifs is 7. The molecule has 0 fully saturated rings. The first-order valence-corrected chi connectivity index (χ1v) is 16.9. The molecule has 10 rings (SSSR count). The predicted molar refractivity (Wildman–Crippen MR) is 195 cm³/mol. The average Bonchev–Trinajstić information content (AvgIpc) is 3.84. The molecule has 0 bridgehead atoms. The first-order chi connectivity index (χ1) is 23.3. The maximum Gasteiger partial charge on any atom is 0.169 e. The van der Waals surface area contributed by atoms with Gasteiger partial charge in [-0.1, -0.05) is 109 Å². The van der Waals surface area contributed by atoms with Crippen LogP contribution in [0.25, 0.3) is 97.1 Å². The monoisotopic (exact) mass is 638 g/mol. The van der Waals surface area contributed by atoms with E-state index in [0.717, 1.165) is 64.8 Å². The topological polar surface area (TPSA) is 64.7 Å². The van der Waals surface area contributed by atoms with E-state index < -0.39 is 0 Å². The average molecular weight is 639 g/mol. The van der Waals surface area contributed by atoms with Crippen LogP contribution in [0.2, 0.25) is 0 Å². The Balaban J connectivity index is 1.32. The summed E-state index contributed by atoms with van der Waals surface area (Å²) in [5.74, 6) is 1.79. The maximum absolute atomic E-state index is 6.65. The van der Waals surface area contributed by atoms with Crippen LogP contribution in [0.4, 0.5) is 0 Å². The van der Waals surface area contributed by atoms with E-state index in [1.807, 2.05) is 66.7 Å². The number of hydrogen-bond acceptors (Lipinski definition) is 7. The van der Waals surface area contributed by atoms with E-state index in [2.05, 4.69) is 66.7 Å². The summed E-state index contributed by atoms with van der Waals surface area (Å²) in [7, 11) is 0. The molecule has 0 aliphatic heterocycles. The smallest absolute Gasteiger partial charge is 0.169 e. The van der Waals surface area contributed by atoms with Gasteiger partial charge >= 0.3 is 0 Å². The Morgan fingerprint density at radius 1 is 0.489 bits per heavy atom. The summed E-state index contributed by atoms with van der Waals surface area (Å²) in [5, 5.41) is 5.31. The molecule has 47 heavy (non-hydrogen) atoms. The standard InChI is InChI=1S/C40H22N4OS2/c1-3-12-23(13-4-1)37-42-38(27-18-11-21-32-33(27)26-17-8-10-20-31(26)46-32)44-39(43-37)34-35-28(25-16-7-9-19-30(25)45-35)22-29-36(34)47-40(41-29)24-14-5-2-6-15-24/h1-22H. The van der Waals surface area contributed by atoms with Gasteiger partial charge in [0.1, 0.15) is 16.2 Å². The zero-order valence-electron chi connectivity index (χ0n) is 24.7. The van der Waals surface area contributed by atoms with Gasteiger partial charge in [-0.2, -0.15) is 0 Å². The molecule has 0 N–H and O–H groups in total. The minimum atomic E-state index is 0.559. The van der Waals surface area contributed by atoms with Gasteiger partial charge in [-0.3, -0.25) is 0 Å². The van der Waals surface area contributed by atoms with Gasteiger partial charge in [-0.05, 0) is 24.3 Å². The van der Waals surface area contributed by atoms with Gasteiger partial charge < -0.3 is 4.42 Å². The molecule has 0 atom stereocenters. The van der Waals surface area contributed by atoms with Gasteiger partial charge in [0, 0.05) is 47.6 Å². The highest BCUT2D eigenvalue weighted by Crippen LogP contribution is 2.45. The Kier molecular flexibility index (Phi) is 5.85. The number of benzene rings is 6. The molecule has 0 saturated heterocycles. The molecule has 0 amide bonds. The molecule has 10 aromatic rings. The van der Waals surface area contributed by atoms with Gasteiger partial charge in [0.25, 0.3) is 0 Å². The molecule has 0 saturated carbocycles. The molecule has 4 heterocycles. The normalized spacial score (nSPS) is 11.8. The number of nitrogens with zero attached hydrogens (tertiary/aromatic N) is 4. The SMILES string of the molecule is c1ccc(-c2nc(-c3c4oc5ccccc5c4cc4nc(-c5ccccc5)sc34)nc(-c3cccc4sc5ccccc5c34)n2)cc1. The summed E-state index contributed by atoms with van der Waals surface area (Å²) in [5.41, 5.74) is 6.24. The minimum absolute atomic E-state index is 0.559. The molecule has 7 heteroatoms. The van der Waals surface area contributed by atoms with E-state index in [1.54, 1.807) is 22.7 Å². The molecule has 0 aliphatic carbocycles. The number of rotatable bonds is 4. The molecule has 0 spiro atoms. The lowest BCUT2D eigenvalue weighted by molar-refractivity contribution is 0.670. The van der Waals surface area contributed by atoms with Crippen LogP contribution < -0.4 is 0 Å². The van der Waals surface area contributed by atoms with Crippen molar-refractivity contribution in [3.8, 4) is 44.7 Å². The lowest BCUT2D eigenvalue weighted by Crippen LogP contribution is -2.00. The van der Waals surface area contributed by atoms with Crippen molar-refractivity contribution in [2.75, 3.05) is 0 Å². The van der Waals surface area contributed by atoms with Crippen LogP contribution in [0.3, 0.4) is 0 Å². The second-order valence-electron chi connectivity index (χ2n) is 11.4. The van der Waals surface area contributed by atoms with Crippen LogP contribution in [-0.4, -0.2) is 19.9 Å². The van der Waals surface area contributed by atoms with Gasteiger partial charge in [0.2, 0.25) is 0 Å². The van der Waals surface area contributed by atoms with E-state index in [-0.39, 0.29) is 0 Å². The Labute approximate surface area is 276 Å². The molecular formula is C40H22N4OS2. The van der Waals surface area contributed by atoms with E-state index in [0.29, 0.717) is 17.5 Å². The predicted octanol–water partition coefficient (Wildman–Crippen LogP) is 11.4. The van der Waals surface area contributed by atoms with Crippen LogP contribution in [0.5, 0.6) is 0 Å². The first-order valence-electron chi connectivity index (χ1n) is 15.3. The molecular weight excluding hydrogens is 617 g/mol. The fourth-order valence-corrected chi connectivity index (χ4v) is 8.65. The molecule has 5 nitrogen and oxygen atoms in total. The highest BCUT2D eigenvalue weighted by Gasteiger charge is 2.24. The Morgan fingerprint density at radius 2 is 1.17 bits per heavy atom. The summed E-state index contributed by atoms with van der Waals surface area (Å²) in [6.07, 6.45) is 0. The quantitative estimate of drug-likeness (QED) is 0.192. The van der Waals surface area contributed by atoms with Gasteiger partial charge in [-0.25, -0.2) is 19.9 Å². The van der Waals surface area contributed by atoms with Crippen LogP contribution in [0.15, 0.2) is 138 Å². The van der Waals surface area contributed by atoms with Gasteiger partial charge in [0.15, 0.2) is 17.5 Å². The van der Waals surface area contributed by atoms with Crippen LogP contribution in [0, 0.1) is 0 Å². The third-order valence-corrected chi connectivity index (χ3v) is 10.9. The van der Waals surface area contributed by atoms with E-state index in [1.165, 1.54) is 14.8 Å². The van der Waals surface area contributed by atoms with Crippen LogP contribution in [0.1, 0.15) is 0 Å². The summed E-state index contributed by atoms with van der Waals surface area (Å²) in [4.78, 5) is 20.7. The molecule has 0 radical (unpaired) electrons. The van der Waals surface area contributed by atoms with Crippen molar-refractivity contribution in [3.63, 3.8) is 0 Å². The van der Waals surface area contributed by atoms with Crippen LogP contribution >= 0.6 is 22.7 Å². The second-order valence-corrected chi connectivity index (χ2v) is 13.5. The zero-order chi connectivity index (χ0) is 30.9. The molecule has 0 aliphatic rings. The number of thiazole rings is 1. The Bertz CT molecular complexity index is 2800. The third-order valence-electron chi connectivity index (χ3n) is 8.58. The van der Waals surface area contributed by atoms with Crippen molar-refractivity contribution in [3.05, 3.63) is 133 Å². The van der Waals surface area contributed by atoms with Gasteiger partial charge in [0.05, 0.1) is 15.8 Å². The third kappa shape index (κ3) is 4.21. The second kappa shape index (κ2) is 10.4. The summed E-state index contributed by atoms with van der Waals surface area (Å²) in [6.45, 7) is 0. The summed E-state index contributed by atoms with van der Waals surface area (Å²) in [6, 6.07) is 45.6. The van der Waals surface area contributed by atoms with Crippen molar-refractivity contribution in [1.29, 1.82) is 0 Å². The minimum Gasteiger partial charge on any atom is -0.455 e. The molecule has 0 unspecified atom stereocenters. The van der Waals surface area contributed by atoms with E-state index >= 15 is 0 Å². The van der Waals surface area contributed by atoms with E-state index in [4.69, 9.17) is 24.4 Å². The van der Waals surface area contributed by atoms with Crippen molar-refractivity contribution >= 4 is 75.0 Å². The van der Waals surface area contributed by atoms with Crippen molar-refractivity contribution < 1.29 is 4.42 Å². The Morgan fingerprint density at radius 3 is 2.02 bits per heavy atom. The fraction of sp³-hybridized carbons (Fsp3) is 0. The van der Waals surface area contributed by atoms with Crippen LogP contribution in [-0.2, 0) is 0 Å². The maximum atomic E-state index is 6.65. The fourth-order valence-electron chi connectivity index (χ4n) is 6.44. The number of aromatic nitrogens is 4. The van der Waals surface area contributed by atoms with Crippen molar-refractivity contribution in [2.45, 2.75) is 0 Å². The van der Waals surface area contributed by atoms with Crippen molar-refractivity contribution in [2.24, 2.45) is 0 Å². The lowest BCUT2D eigenvalue weighted by atomic mass is 10.0. The molecule has 4 aromatic heterocycles. The lowest BCUT2D eigenvalue weighted by Gasteiger charge is -2.10. The zero-order valence-corrected chi connectivity index (χ0v) is 26.3. The Hall–Kier alpha value is -5.76. The highest BCUT2D eigenvalue weighted by atomic mass is 32.1. The van der Waals surface area contributed by atoms with E-state index in [9.17, 15) is 0 Å².